The summed E-state index contributed by atoms with van der Waals surface area (Å²) < 4.78 is 0. The van der Waals surface area contributed by atoms with Crippen molar-refractivity contribution in [1.82, 2.24) is 15.8 Å². The SMILES string of the molecule is CNCCCC(C(C)=O)N(CC(=O)O)NC. The van der Waals surface area contributed by atoms with Crippen molar-refractivity contribution >= 4 is 11.8 Å². The van der Waals surface area contributed by atoms with Crippen LogP contribution in [0.3, 0.4) is 0 Å². The van der Waals surface area contributed by atoms with Gasteiger partial charge in [0.15, 0.2) is 0 Å². The summed E-state index contributed by atoms with van der Waals surface area (Å²) in [6.07, 6.45) is 1.48. The number of nitrogens with zero attached hydrogens (tertiary/aromatic N) is 1. The molecule has 3 N–H and O–H groups in total. The molecule has 0 bridgehead atoms. The molecule has 6 nitrogen and oxygen atoms in total. The highest BCUT2D eigenvalue weighted by Gasteiger charge is 2.23. The van der Waals surface area contributed by atoms with Crippen LogP contribution in [-0.2, 0) is 9.59 Å². The van der Waals surface area contributed by atoms with Crippen molar-refractivity contribution in [3.63, 3.8) is 0 Å². The molecule has 1 atom stereocenters. The summed E-state index contributed by atoms with van der Waals surface area (Å²) in [7, 11) is 3.47. The van der Waals surface area contributed by atoms with Crippen molar-refractivity contribution in [2.24, 2.45) is 0 Å². The van der Waals surface area contributed by atoms with Crippen molar-refractivity contribution in [2.75, 3.05) is 27.2 Å². The summed E-state index contributed by atoms with van der Waals surface area (Å²) in [6, 6.07) is -0.380. The van der Waals surface area contributed by atoms with Crippen LogP contribution in [0.4, 0.5) is 0 Å². The fraction of sp³-hybridized carbons (Fsp3) is 0.800. The predicted octanol–water partition coefficient (Wildman–Crippen LogP) is -0.535. The highest BCUT2D eigenvalue weighted by atomic mass is 16.4. The maximum atomic E-state index is 11.4. The fourth-order valence-electron chi connectivity index (χ4n) is 1.54. The number of carboxylic acid groups (broad SMARTS) is 1. The lowest BCUT2D eigenvalue weighted by atomic mass is 10.1. The number of hydrogen-bond acceptors (Lipinski definition) is 5. The summed E-state index contributed by atoms with van der Waals surface area (Å²) in [5, 5.41) is 13.2. The first-order chi connectivity index (χ1) is 7.52. The van der Waals surface area contributed by atoms with Crippen LogP contribution in [0.1, 0.15) is 19.8 Å². The van der Waals surface area contributed by atoms with Crippen LogP contribution in [0.2, 0.25) is 0 Å². The highest BCUT2D eigenvalue weighted by molar-refractivity contribution is 5.82. The molecule has 0 rings (SSSR count). The molecule has 0 radical (unpaired) electrons. The third kappa shape index (κ3) is 5.79. The molecule has 0 aromatic carbocycles. The molecule has 0 aromatic heterocycles. The van der Waals surface area contributed by atoms with Gasteiger partial charge in [-0.1, -0.05) is 0 Å². The lowest BCUT2D eigenvalue weighted by Gasteiger charge is -2.27. The Balaban J connectivity index is 4.34. The van der Waals surface area contributed by atoms with Gasteiger partial charge in [0.2, 0.25) is 0 Å². The molecule has 0 aliphatic carbocycles. The zero-order valence-corrected chi connectivity index (χ0v) is 10.1. The summed E-state index contributed by atoms with van der Waals surface area (Å²) in [5.41, 5.74) is 2.75. The van der Waals surface area contributed by atoms with Crippen LogP contribution in [0.15, 0.2) is 0 Å². The quantitative estimate of drug-likeness (QED) is 0.365. The van der Waals surface area contributed by atoms with Gasteiger partial charge in [-0.25, -0.2) is 5.01 Å². The van der Waals surface area contributed by atoms with E-state index in [-0.39, 0.29) is 18.4 Å². The first-order valence-corrected chi connectivity index (χ1v) is 5.33. The Morgan fingerprint density at radius 2 is 2.00 bits per heavy atom. The predicted molar refractivity (Wildman–Crippen MR) is 61.0 cm³/mol. The summed E-state index contributed by atoms with van der Waals surface area (Å²) in [4.78, 5) is 22.0. The third-order valence-electron chi connectivity index (χ3n) is 2.34. The van der Waals surface area contributed by atoms with Crippen molar-refractivity contribution in [1.29, 1.82) is 0 Å². The van der Waals surface area contributed by atoms with Crippen LogP contribution >= 0.6 is 0 Å². The fourth-order valence-corrected chi connectivity index (χ4v) is 1.54. The molecule has 0 aliphatic rings. The first-order valence-electron chi connectivity index (χ1n) is 5.33. The molecule has 0 saturated heterocycles. The zero-order valence-electron chi connectivity index (χ0n) is 10.1. The molecule has 1 unspecified atom stereocenters. The molecule has 0 aromatic rings. The molecule has 0 fully saturated rings. The van der Waals surface area contributed by atoms with E-state index in [2.05, 4.69) is 10.7 Å². The normalized spacial score (nSPS) is 12.8. The van der Waals surface area contributed by atoms with Gasteiger partial charge in [0.25, 0.3) is 0 Å². The van der Waals surface area contributed by atoms with Gasteiger partial charge in [-0.2, -0.15) is 0 Å². The Morgan fingerprint density at radius 3 is 2.38 bits per heavy atom. The second-order valence-electron chi connectivity index (χ2n) is 3.62. The topological polar surface area (TPSA) is 81.7 Å². The van der Waals surface area contributed by atoms with Gasteiger partial charge in [-0.05, 0) is 40.4 Å². The molecule has 0 amide bonds. The number of Topliss-reactive ketones (excluding diaryl/α,β-unsaturated/α-hetero) is 1. The average molecular weight is 231 g/mol. The number of carboxylic acids is 1. The number of ketones is 1. The number of rotatable bonds is 9. The van der Waals surface area contributed by atoms with E-state index >= 15 is 0 Å². The van der Waals surface area contributed by atoms with E-state index in [0.717, 1.165) is 13.0 Å². The van der Waals surface area contributed by atoms with E-state index in [0.29, 0.717) is 6.42 Å². The van der Waals surface area contributed by atoms with Crippen LogP contribution in [-0.4, -0.2) is 55.1 Å². The summed E-state index contributed by atoms with van der Waals surface area (Å²) in [5.74, 6) is -0.971. The number of carbonyl (C=O) groups excluding carboxylic acids is 1. The third-order valence-corrected chi connectivity index (χ3v) is 2.34. The summed E-state index contributed by atoms with van der Waals surface area (Å²) in [6.45, 7) is 2.12. The van der Waals surface area contributed by atoms with Crippen molar-refractivity contribution in [3.05, 3.63) is 0 Å². The molecule has 0 saturated carbocycles. The van der Waals surface area contributed by atoms with Gasteiger partial charge in [0.1, 0.15) is 12.3 Å². The van der Waals surface area contributed by atoms with E-state index in [1.54, 1.807) is 7.05 Å². The minimum atomic E-state index is -0.950. The van der Waals surface area contributed by atoms with E-state index in [1.807, 2.05) is 7.05 Å². The number of carbonyl (C=O) groups is 2. The van der Waals surface area contributed by atoms with Crippen molar-refractivity contribution in [2.45, 2.75) is 25.8 Å². The lowest BCUT2D eigenvalue weighted by Crippen LogP contribution is -2.49. The second kappa shape index (κ2) is 8.20. The molecule has 94 valence electrons. The smallest absolute Gasteiger partial charge is 0.319 e. The van der Waals surface area contributed by atoms with E-state index < -0.39 is 5.97 Å². The zero-order chi connectivity index (χ0) is 12.6. The molecule has 16 heavy (non-hydrogen) atoms. The molecule has 6 heteroatoms. The standard InChI is InChI=1S/C10H21N3O3/c1-8(14)9(5-4-6-11-2)13(12-3)7-10(15)16/h9,11-12H,4-7H2,1-3H3,(H,15,16). The molecular weight excluding hydrogens is 210 g/mol. The van der Waals surface area contributed by atoms with Gasteiger partial charge in [0, 0.05) is 0 Å². The number of nitrogens with one attached hydrogen (secondary N) is 2. The monoisotopic (exact) mass is 231 g/mol. The largest absolute Gasteiger partial charge is 0.480 e. The van der Waals surface area contributed by atoms with Gasteiger partial charge in [0.05, 0.1) is 6.04 Å². The Morgan fingerprint density at radius 1 is 1.38 bits per heavy atom. The number of aliphatic carboxylic acids is 1. The van der Waals surface area contributed by atoms with E-state index in [9.17, 15) is 9.59 Å². The van der Waals surface area contributed by atoms with Gasteiger partial charge < -0.3 is 10.4 Å². The Labute approximate surface area is 96.0 Å². The van der Waals surface area contributed by atoms with E-state index in [4.69, 9.17) is 5.11 Å². The van der Waals surface area contributed by atoms with Crippen LogP contribution in [0.5, 0.6) is 0 Å². The maximum absolute atomic E-state index is 11.4. The molecule has 0 heterocycles. The number of hydrogen-bond donors (Lipinski definition) is 3. The van der Waals surface area contributed by atoms with E-state index in [1.165, 1.54) is 11.9 Å². The minimum Gasteiger partial charge on any atom is -0.480 e. The minimum absolute atomic E-state index is 0.0216. The van der Waals surface area contributed by atoms with Crippen molar-refractivity contribution < 1.29 is 14.7 Å². The Bertz CT molecular complexity index is 233. The van der Waals surface area contributed by atoms with Crippen LogP contribution < -0.4 is 10.7 Å². The summed E-state index contributed by atoms with van der Waals surface area (Å²) >= 11 is 0. The van der Waals surface area contributed by atoms with Crippen molar-refractivity contribution in [3.8, 4) is 0 Å². The Hall–Kier alpha value is -0.980. The number of hydrazine groups is 1. The van der Waals surface area contributed by atoms with Crippen LogP contribution in [0, 0.1) is 0 Å². The Kier molecular flexibility index (Phi) is 7.70. The first kappa shape index (κ1) is 15.0. The van der Waals surface area contributed by atoms with Gasteiger partial charge >= 0.3 is 5.97 Å². The average Bonchev–Trinajstić information content (AvgIpc) is 2.21. The molecule has 0 aliphatic heterocycles. The van der Waals surface area contributed by atoms with Gasteiger partial charge in [-0.3, -0.25) is 15.0 Å². The second-order valence-corrected chi connectivity index (χ2v) is 3.62. The lowest BCUT2D eigenvalue weighted by molar-refractivity contribution is -0.141. The highest BCUT2D eigenvalue weighted by Crippen LogP contribution is 2.05. The van der Waals surface area contributed by atoms with Crippen LogP contribution in [0.25, 0.3) is 0 Å². The molecular formula is C10H21N3O3. The maximum Gasteiger partial charge on any atom is 0.319 e. The van der Waals surface area contributed by atoms with Gasteiger partial charge in [-0.15, -0.1) is 0 Å². The molecule has 0 spiro atoms.